The summed E-state index contributed by atoms with van der Waals surface area (Å²) < 4.78 is 5.13. The Bertz CT molecular complexity index is 730. The number of methoxy groups -OCH3 is 1. The smallest absolute Gasteiger partial charge is 0.251 e. The molecule has 124 valence electrons. The van der Waals surface area contributed by atoms with Crippen LogP contribution in [0.3, 0.4) is 0 Å². The number of para-hydroxylation sites is 1. The number of hydrogen-bond donors (Lipinski definition) is 1. The van der Waals surface area contributed by atoms with Gasteiger partial charge in [0, 0.05) is 36.7 Å². The fraction of sp³-hybridized carbons (Fsp3) is 0.263. The van der Waals surface area contributed by atoms with Gasteiger partial charge < -0.3 is 15.0 Å². The van der Waals surface area contributed by atoms with E-state index in [9.17, 15) is 9.59 Å². The van der Waals surface area contributed by atoms with Crippen molar-refractivity contribution in [2.24, 2.45) is 5.92 Å². The van der Waals surface area contributed by atoms with Gasteiger partial charge in [-0.25, -0.2) is 0 Å². The Morgan fingerprint density at radius 1 is 1.21 bits per heavy atom. The predicted octanol–water partition coefficient (Wildman–Crippen LogP) is 2.48. The van der Waals surface area contributed by atoms with E-state index in [0.29, 0.717) is 30.8 Å². The second-order valence-electron chi connectivity index (χ2n) is 5.85. The SMILES string of the molecule is COc1cccc(C(=O)NC[C@H]2CC(=O)N(c3ccccc3)C2)c1. The van der Waals surface area contributed by atoms with Crippen LogP contribution in [0.15, 0.2) is 54.6 Å². The lowest BCUT2D eigenvalue weighted by atomic mass is 10.1. The summed E-state index contributed by atoms with van der Waals surface area (Å²) >= 11 is 0. The normalized spacial score (nSPS) is 17.0. The highest BCUT2D eigenvalue weighted by Crippen LogP contribution is 2.24. The Morgan fingerprint density at radius 2 is 2.00 bits per heavy atom. The molecule has 24 heavy (non-hydrogen) atoms. The molecule has 2 aromatic rings. The molecule has 0 spiro atoms. The molecule has 0 aromatic heterocycles. The summed E-state index contributed by atoms with van der Waals surface area (Å²) in [6.07, 6.45) is 0.452. The van der Waals surface area contributed by atoms with Crippen LogP contribution in [-0.4, -0.2) is 32.0 Å². The molecule has 1 saturated heterocycles. The largest absolute Gasteiger partial charge is 0.497 e. The van der Waals surface area contributed by atoms with Crippen LogP contribution in [0.1, 0.15) is 16.8 Å². The van der Waals surface area contributed by atoms with Gasteiger partial charge in [-0.15, -0.1) is 0 Å². The first-order valence-electron chi connectivity index (χ1n) is 7.95. The van der Waals surface area contributed by atoms with Crippen LogP contribution in [0, 0.1) is 5.92 Å². The minimum absolute atomic E-state index is 0.0989. The molecule has 0 aliphatic carbocycles. The lowest BCUT2D eigenvalue weighted by molar-refractivity contribution is -0.117. The van der Waals surface area contributed by atoms with Crippen LogP contribution in [0.4, 0.5) is 5.69 Å². The fourth-order valence-corrected chi connectivity index (χ4v) is 2.88. The zero-order valence-corrected chi connectivity index (χ0v) is 13.6. The molecule has 0 saturated carbocycles. The summed E-state index contributed by atoms with van der Waals surface area (Å²) in [6, 6.07) is 16.6. The van der Waals surface area contributed by atoms with E-state index >= 15 is 0 Å². The van der Waals surface area contributed by atoms with Gasteiger partial charge in [0.1, 0.15) is 5.75 Å². The van der Waals surface area contributed by atoms with Gasteiger partial charge in [-0.05, 0) is 30.3 Å². The number of ether oxygens (including phenoxy) is 1. The van der Waals surface area contributed by atoms with Gasteiger partial charge in [0.25, 0.3) is 5.91 Å². The van der Waals surface area contributed by atoms with Crippen molar-refractivity contribution in [3.05, 3.63) is 60.2 Å². The zero-order chi connectivity index (χ0) is 16.9. The van der Waals surface area contributed by atoms with Crippen LogP contribution in [0.25, 0.3) is 0 Å². The molecule has 0 radical (unpaired) electrons. The first-order valence-corrected chi connectivity index (χ1v) is 7.95. The standard InChI is InChI=1S/C19H20N2O3/c1-24-17-9-5-6-15(11-17)19(23)20-12-14-10-18(22)21(13-14)16-7-3-2-4-8-16/h2-9,11,14H,10,12-13H2,1H3,(H,20,23)/t14-/m1/s1. The van der Waals surface area contributed by atoms with E-state index in [-0.39, 0.29) is 17.7 Å². The molecule has 1 heterocycles. The van der Waals surface area contributed by atoms with Gasteiger partial charge >= 0.3 is 0 Å². The summed E-state index contributed by atoms with van der Waals surface area (Å²) in [6.45, 7) is 1.10. The lowest BCUT2D eigenvalue weighted by Crippen LogP contribution is -2.31. The number of carbonyl (C=O) groups is 2. The first-order chi connectivity index (χ1) is 11.7. The van der Waals surface area contributed by atoms with Crippen LogP contribution in [0.5, 0.6) is 5.75 Å². The summed E-state index contributed by atoms with van der Waals surface area (Å²) in [5.41, 5.74) is 1.46. The Hall–Kier alpha value is -2.82. The third-order valence-corrected chi connectivity index (χ3v) is 4.16. The highest BCUT2D eigenvalue weighted by Gasteiger charge is 2.30. The Kier molecular flexibility index (Phi) is 4.79. The molecule has 0 unspecified atom stereocenters. The molecule has 5 heteroatoms. The van der Waals surface area contributed by atoms with Gasteiger partial charge in [-0.2, -0.15) is 0 Å². The van der Waals surface area contributed by atoms with Crippen molar-refractivity contribution in [2.45, 2.75) is 6.42 Å². The summed E-state index contributed by atoms with van der Waals surface area (Å²) in [5, 5.41) is 2.91. The molecule has 1 aliphatic rings. The van der Waals surface area contributed by atoms with E-state index in [1.165, 1.54) is 0 Å². The van der Waals surface area contributed by atoms with Crippen LogP contribution in [0.2, 0.25) is 0 Å². The summed E-state index contributed by atoms with van der Waals surface area (Å²) in [4.78, 5) is 26.2. The third kappa shape index (κ3) is 3.56. The highest BCUT2D eigenvalue weighted by molar-refractivity contribution is 5.96. The molecule has 2 amide bonds. The van der Waals surface area contributed by atoms with Crippen molar-refractivity contribution in [1.29, 1.82) is 0 Å². The average molecular weight is 324 g/mol. The molecule has 1 atom stereocenters. The minimum Gasteiger partial charge on any atom is -0.497 e. The van der Waals surface area contributed by atoms with Gasteiger partial charge in [-0.1, -0.05) is 24.3 Å². The highest BCUT2D eigenvalue weighted by atomic mass is 16.5. The molecular weight excluding hydrogens is 304 g/mol. The van der Waals surface area contributed by atoms with Gasteiger partial charge in [0.15, 0.2) is 0 Å². The maximum Gasteiger partial charge on any atom is 0.251 e. The topological polar surface area (TPSA) is 58.6 Å². The van der Waals surface area contributed by atoms with Crippen molar-refractivity contribution in [2.75, 3.05) is 25.1 Å². The number of rotatable bonds is 5. The number of nitrogens with one attached hydrogen (secondary N) is 1. The van der Waals surface area contributed by atoms with E-state index in [0.717, 1.165) is 5.69 Å². The van der Waals surface area contributed by atoms with E-state index in [4.69, 9.17) is 4.74 Å². The molecule has 1 N–H and O–H groups in total. The second-order valence-corrected chi connectivity index (χ2v) is 5.85. The number of carbonyl (C=O) groups excluding carboxylic acids is 2. The molecule has 1 aliphatic heterocycles. The second kappa shape index (κ2) is 7.17. The van der Waals surface area contributed by atoms with E-state index in [2.05, 4.69) is 5.32 Å². The quantitative estimate of drug-likeness (QED) is 0.919. The summed E-state index contributed by atoms with van der Waals surface area (Å²) in [7, 11) is 1.57. The Morgan fingerprint density at radius 3 is 2.75 bits per heavy atom. The van der Waals surface area contributed by atoms with Gasteiger partial charge in [0.05, 0.1) is 7.11 Å². The molecule has 0 bridgehead atoms. The van der Waals surface area contributed by atoms with Crippen molar-refractivity contribution in [1.82, 2.24) is 5.32 Å². The van der Waals surface area contributed by atoms with Crippen molar-refractivity contribution < 1.29 is 14.3 Å². The Labute approximate surface area is 141 Å². The van der Waals surface area contributed by atoms with Crippen molar-refractivity contribution in [3.8, 4) is 5.75 Å². The predicted molar refractivity (Wildman–Crippen MR) is 92.2 cm³/mol. The van der Waals surface area contributed by atoms with Crippen LogP contribution in [-0.2, 0) is 4.79 Å². The van der Waals surface area contributed by atoms with Gasteiger partial charge in [0.2, 0.25) is 5.91 Å². The number of amides is 2. The maximum atomic E-state index is 12.2. The average Bonchev–Trinajstić information content (AvgIpc) is 3.01. The minimum atomic E-state index is -0.153. The van der Waals surface area contributed by atoms with Gasteiger partial charge in [-0.3, -0.25) is 9.59 Å². The van der Waals surface area contributed by atoms with Crippen molar-refractivity contribution >= 4 is 17.5 Å². The van der Waals surface area contributed by atoms with E-state index in [1.54, 1.807) is 36.3 Å². The third-order valence-electron chi connectivity index (χ3n) is 4.16. The monoisotopic (exact) mass is 324 g/mol. The number of nitrogens with zero attached hydrogens (tertiary/aromatic N) is 1. The zero-order valence-electron chi connectivity index (χ0n) is 13.6. The maximum absolute atomic E-state index is 12.2. The molecule has 1 fully saturated rings. The number of benzene rings is 2. The van der Waals surface area contributed by atoms with Crippen molar-refractivity contribution in [3.63, 3.8) is 0 Å². The molecular formula is C19H20N2O3. The van der Waals surface area contributed by atoms with Crippen LogP contribution >= 0.6 is 0 Å². The van der Waals surface area contributed by atoms with E-state index < -0.39 is 0 Å². The molecule has 2 aromatic carbocycles. The fourth-order valence-electron chi connectivity index (χ4n) is 2.88. The number of hydrogen-bond acceptors (Lipinski definition) is 3. The lowest BCUT2D eigenvalue weighted by Gasteiger charge is -2.17. The van der Waals surface area contributed by atoms with Crippen LogP contribution < -0.4 is 15.0 Å². The molecule has 3 rings (SSSR count). The number of anilines is 1. The first kappa shape index (κ1) is 16.1. The van der Waals surface area contributed by atoms with E-state index in [1.807, 2.05) is 30.3 Å². The Balaban J connectivity index is 1.57. The molecule has 5 nitrogen and oxygen atoms in total. The summed E-state index contributed by atoms with van der Waals surface area (Å²) in [5.74, 6) is 0.711.